The van der Waals surface area contributed by atoms with Crippen molar-refractivity contribution < 1.29 is 22.7 Å². The maximum absolute atomic E-state index is 12.9. The number of hydrogen-bond donors (Lipinski definition) is 2. The van der Waals surface area contributed by atoms with Crippen LogP contribution in [0.25, 0.3) is 0 Å². The highest BCUT2D eigenvalue weighted by Gasteiger charge is 2.28. The SMILES string of the molecule is Cc1cc2c(cc1S(=O)(=O)N(C)CC(=O)NCc1ccc(Cl)cc1)OCC(=O)N2. The number of fused-ring (bicyclic) bond motifs is 1. The number of nitrogens with zero attached hydrogens (tertiary/aromatic N) is 1. The maximum Gasteiger partial charge on any atom is 0.262 e. The molecule has 1 aliphatic heterocycles. The molecule has 0 bridgehead atoms. The fraction of sp³-hybridized carbons (Fsp3) is 0.263. The molecular formula is C19H20ClN3O5S. The van der Waals surface area contributed by atoms with E-state index in [0.717, 1.165) is 9.87 Å². The van der Waals surface area contributed by atoms with Crippen LogP contribution < -0.4 is 15.4 Å². The fourth-order valence-corrected chi connectivity index (χ4v) is 4.28. The highest BCUT2D eigenvalue weighted by atomic mass is 35.5. The molecule has 8 nitrogen and oxygen atoms in total. The molecule has 2 aromatic carbocycles. The van der Waals surface area contributed by atoms with Crippen LogP contribution in [0.1, 0.15) is 11.1 Å². The van der Waals surface area contributed by atoms with Crippen LogP contribution in [0, 0.1) is 6.92 Å². The van der Waals surface area contributed by atoms with E-state index in [1.54, 1.807) is 31.2 Å². The van der Waals surface area contributed by atoms with Crippen LogP contribution in [0.15, 0.2) is 41.3 Å². The number of rotatable bonds is 6. The molecule has 0 radical (unpaired) electrons. The van der Waals surface area contributed by atoms with E-state index in [-0.39, 0.29) is 36.2 Å². The second-order valence-corrected chi connectivity index (χ2v) is 9.06. The lowest BCUT2D eigenvalue weighted by Crippen LogP contribution is -2.38. The predicted molar refractivity (Wildman–Crippen MR) is 108 cm³/mol. The fourth-order valence-electron chi connectivity index (χ4n) is 2.81. The zero-order chi connectivity index (χ0) is 21.2. The standard InChI is InChI=1S/C19H20ClN3O5S/c1-12-7-15-16(28-11-19(25)22-15)8-17(12)29(26,27)23(2)10-18(24)21-9-13-3-5-14(20)6-4-13/h3-8H,9-11H2,1-2H3,(H,21,24)(H,22,25). The Morgan fingerprint density at radius 2 is 1.97 bits per heavy atom. The molecule has 0 aromatic heterocycles. The van der Waals surface area contributed by atoms with Crippen LogP contribution >= 0.6 is 11.6 Å². The van der Waals surface area contributed by atoms with Crippen molar-refractivity contribution in [3.63, 3.8) is 0 Å². The van der Waals surface area contributed by atoms with Crippen molar-refractivity contribution >= 4 is 39.1 Å². The summed E-state index contributed by atoms with van der Waals surface area (Å²) in [6.45, 7) is 1.35. The zero-order valence-corrected chi connectivity index (χ0v) is 17.4. The summed E-state index contributed by atoms with van der Waals surface area (Å²) >= 11 is 5.83. The van der Waals surface area contributed by atoms with Crippen molar-refractivity contribution in [1.29, 1.82) is 0 Å². The molecule has 0 saturated carbocycles. The largest absolute Gasteiger partial charge is 0.482 e. The van der Waals surface area contributed by atoms with Crippen molar-refractivity contribution in [3.8, 4) is 5.75 Å². The van der Waals surface area contributed by atoms with E-state index >= 15 is 0 Å². The molecule has 2 amide bonds. The van der Waals surface area contributed by atoms with Gasteiger partial charge in [0.05, 0.1) is 17.1 Å². The van der Waals surface area contributed by atoms with Gasteiger partial charge in [-0.1, -0.05) is 23.7 Å². The van der Waals surface area contributed by atoms with Crippen molar-refractivity contribution in [2.45, 2.75) is 18.4 Å². The van der Waals surface area contributed by atoms with E-state index < -0.39 is 15.9 Å². The number of benzene rings is 2. The number of sulfonamides is 1. The molecule has 0 fully saturated rings. The molecule has 0 atom stereocenters. The van der Waals surface area contributed by atoms with Gasteiger partial charge in [0, 0.05) is 24.7 Å². The minimum Gasteiger partial charge on any atom is -0.482 e. The second-order valence-electron chi connectivity index (χ2n) is 6.61. The third kappa shape index (κ3) is 4.87. The van der Waals surface area contributed by atoms with E-state index in [2.05, 4.69) is 10.6 Å². The van der Waals surface area contributed by atoms with Crippen molar-refractivity contribution in [2.75, 3.05) is 25.5 Å². The van der Waals surface area contributed by atoms with Crippen molar-refractivity contribution in [2.24, 2.45) is 0 Å². The maximum atomic E-state index is 12.9. The summed E-state index contributed by atoms with van der Waals surface area (Å²) in [6.07, 6.45) is 0. The van der Waals surface area contributed by atoms with Crippen LogP contribution in [0.4, 0.5) is 5.69 Å². The minimum absolute atomic E-state index is 0.0143. The molecule has 10 heteroatoms. The predicted octanol–water partition coefficient (Wildman–Crippen LogP) is 1.92. The second kappa shape index (κ2) is 8.40. The van der Waals surface area contributed by atoms with Crippen molar-refractivity contribution in [3.05, 3.63) is 52.5 Å². The quantitative estimate of drug-likeness (QED) is 0.718. The van der Waals surface area contributed by atoms with E-state index in [4.69, 9.17) is 16.3 Å². The Balaban J connectivity index is 1.69. The van der Waals surface area contributed by atoms with Crippen LogP contribution in [0.3, 0.4) is 0 Å². The number of carbonyl (C=O) groups is 2. The molecular weight excluding hydrogens is 418 g/mol. The van der Waals surface area contributed by atoms with Gasteiger partial charge in [-0.25, -0.2) is 8.42 Å². The van der Waals surface area contributed by atoms with Gasteiger partial charge in [-0.15, -0.1) is 0 Å². The minimum atomic E-state index is -3.94. The van der Waals surface area contributed by atoms with Gasteiger partial charge in [0.25, 0.3) is 5.91 Å². The summed E-state index contributed by atoms with van der Waals surface area (Å²) in [7, 11) is -2.61. The van der Waals surface area contributed by atoms with Crippen LogP contribution in [0.2, 0.25) is 5.02 Å². The molecule has 29 heavy (non-hydrogen) atoms. The molecule has 3 rings (SSSR count). The topological polar surface area (TPSA) is 105 Å². The van der Waals surface area contributed by atoms with E-state index in [1.807, 2.05) is 0 Å². The van der Waals surface area contributed by atoms with Gasteiger partial charge in [0.15, 0.2) is 6.61 Å². The summed E-state index contributed by atoms with van der Waals surface area (Å²) in [5.74, 6) is -0.471. The molecule has 0 aliphatic carbocycles. The molecule has 154 valence electrons. The Morgan fingerprint density at radius 1 is 1.28 bits per heavy atom. The third-order valence-electron chi connectivity index (χ3n) is 4.37. The summed E-state index contributed by atoms with van der Waals surface area (Å²) in [6, 6.07) is 9.87. The van der Waals surface area contributed by atoms with Gasteiger partial charge in [0.2, 0.25) is 15.9 Å². The monoisotopic (exact) mass is 437 g/mol. The summed E-state index contributed by atoms with van der Waals surface area (Å²) in [5, 5.41) is 5.91. The highest BCUT2D eigenvalue weighted by Crippen LogP contribution is 2.33. The van der Waals surface area contributed by atoms with Gasteiger partial charge in [-0.3, -0.25) is 9.59 Å². The first-order chi connectivity index (χ1) is 13.7. The lowest BCUT2D eigenvalue weighted by molar-refractivity contribution is -0.121. The third-order valence-corrected chi connectivity index (χ3v) is 6.56. The molecule has 1 heterocycles. The number of likely N-dealkylation sites (N-methyl/N-ethyl adjacent to an activating group) is 1. The molecule has 0 spiro atoms. The number of carbonyl (C=O) groups excluding carboxylic acids is 2. The lowest BCUT2D eigenvalue weighted by Gasteiger charge is -2.22. The van der Waals surface area contributed by atoms with Crippen LogP contribution in [-0.2, 0) is 26.2 Å². The Kier molecular flexibility index (Phi) is 6.11. The van der Waals surface area contributed by atoms with Gasteiger partial charge in [-0.2, -0.15) is 4.31 Å². The summed E-state index contributed by atoms with van der Waals surface area (Å²) < 4.78 is 32.1. The zero-order valence-electron chi connectivity index (χ0n) is 15.9. The number of anilines is 1. The Hall–Kier alpha value is -2.62. The number of nitrogens with one attached hydrogen (secondary N) is 2. The molecule has 1 aliphatic rings. The first-order valence-corrected chi connectivity index (χ1v) is 10.5. The van der Waals surface area contributed by atoms with Gasteiger partial charge in [0.1, 0.15) is 5.75 Å². The molecule has 2 aromatic rings. The summed E-state index contributed by atoms with van der Waals surface area (Å²) in [4.78, 5) is 23.6. The van der Waals surface area contributed by atoms with Gasteiger partial charge >= 0.3 is 0 Å². The number of hydrogen-bond acceptors (Lipinski definition) is 5. The number of halogens is 1. The van der Waals surface area contributed by atoms with E-state index in [9.17, 15) is 18.0 Å². The van der Waals surface area contributed by atoms with E-state index in [1.165, 1.54) is 19.2 Å². The number of aryl methyl sites for hydroxylation is 1. The van der Waals surface area contributed by atoms with Gasteiger partial charge < -0.3 is 15.4 Å². The smallest absolute Gasteiger partial charge is 0.262 e. The average molecular weight is 438 g/mol. The normalized spacial score (nSPS) is 13.4. The number of amides is 2. The molecule has 0 unspecified atom stereocenters. The first kappa shape index (κ1) is 21.1. The highest BCUT2D eigenvalue weighted by molar-refractivity contribution is 7.89. The van der Waals surface area contributed by atoms with E-state index in [0.29, 0.717) is 16.3 Å². The Bertz CT molecular complexity index is 1050. The molecule has 0 saturated heterocycles. The average Bonchev–Trinajstić information content (AvgIpc) is 2.66. The molecule has 2 N–H and O–H groups in total. The van der Waals surface area contributed by atoms with Crippen LogP contribution in [0.5, 0.6) is 5.75 Å². The Morgan fingerprint density at radius 3 is 2.66 bits per heavy atom. The number of ether oxygens (including phenoxy) is 1. The van der Waals surface area contributed by atoms with Crippen molar-refractivity contribution in [1.82, 2.24) is 9.62 Å². The van der Waals surface area contributed by atoms with Gasteiger partial charge in [-0.05, 0) is 36.2 Å². The first-order valence-electron chi connectivity index (χ1n) is 8.71. The lowest BCUT2D eigenvalue weighted by atomic mass is 10.2. The summed E-state index contributed by atoms with van der Waals surface area (Å²) in [5.41, 5.74) is 1.70. The Labute approximate surface area is 173 Å². The van der Waals surface area contributed by atoms with Crippen LogP contribution in [-0.4, -0.2) is 44.7 Å².